The molecule has 0 fully saturated rings. The van der Waals surface area contributed by atoms with Crippen LogP contribution in [0.2, 0.25) is 0 Å². The van der Waals surface area contributed by atoms with E-state index in [2.05, 4.69) is 22.6 Å². The van der Waals surface area contributed by atoms with E-state index in [4.69, 9.17) is 9.57 Å². The van der Waals surface area contributed by atoms with Crippen molar-refractivity contribution in [3.8, 4) is 5.75 Å². The third-order valence-corrected chi connectivity index (χ3v) is 4.26. The first-order valence-corrected chi connectivity index (χ1v) is 8.40. The summed E-state index contributed by atoms with van der Waals surface area (Å²) in [6.07, 6.45) is 1.96. The summed E-state index contributed by atoms with van der Waals surface area (Å²) in [6, 6.07) is 17.8. The predicted octanol–water partition coefficient (Wildman–Crippen LogP) is 3.57. The van der Waals surface area contributed by atoms with Crippen molar-refractivity contribution < 1.29 is 14.4 Å². The SMILES string of the molecule is Cc1cc(COc2ccc(C3=CC(C=O)ON3)cc2)c2ccccc2n1. The summed E-state index contributed by atoms with van der Waals surface area (Å²) in [5, 5.41) is 1.10. The van der Waals surface area contributed by atoms with Gasteiger partial charge >= 0.3 is 0 Å². The molecule has 5 nitrogen and oxygen atoms in total. The van der Waals surface area contributed by atoms with Crippen molar-refractivity contribution >= 4 is 22.9 Å². The largest absolute Gasteiger partial charge is 0.489 e. The first-order valence-electron chi connectivity index (χ1n) is 8.40. The van der Waals surface area contributed by atoms with Crippen LogP contribution in [-0.4, -0.2) is 17.4 Å². The van der Waals surface area contributed by atoms with Crippen molar-refractivity contribution in [2.75, 3.05) is 0 Å². The van der Waals surface area contributed by atoms with Crippen LogP contribution in [0.1, 0.15) is 16.8 Å². The molecule has 1 N–H and O–H groups in total. The molecule has 1 unspecified atom stereocenters. The average Bonchev–Trinajstić information content (AvgIpc) is 3.15. The zero-order chi connectivity index (χ0) is 17.9. The van der Waals surface area contributed by atoms with E-state index in [-0.39, 0.29) is 0 Å². The summed E-state index contributed by atoms with van der Waals surface area (Å²) < 4.78 is 5.96. The Hall–Kier alpha value is -3.18. The van der Waals surface area contributed by atoms with Gasteiger partial charge in [-0.3, -0.25) is 20.1 Å². The number of hydrogen-bond acceptors (Lipinski definition) is 5. The molecular formula is C21H18N2O3. The molecule has 1 atom stereocenters. The number of ether oxygens (including phenoxy) is 1. The second kappa shape index (κ2) is 6.98. The van der Waals surface area contributed by atoms with E-state index in [1.807, 2.05) is 49.4 Å². The van der Waals surface area contributed by atoms with Gasteiger partial charge < -0.3 is 4.74 Å². The Balaban J connectivity index is 1.50. The molecule has 0 amide bonds. The van der Waals surface area contributed by atoms with Gasteiger partial charge in [-0.1, -0.05) is 18.2 Å². The van der Waals surface area contributed by atoms with Gasteiger partial charge in [-0.15, -0.1) is 0 Å². The Bertz CT molecular complexity index is 980. The highest BCUT2D eigenvalue weighted by Gasteiger charge is 2.16. The quantitative estimate of drug-likeness (QED) is 0.716. The summed E-state index contributed by atoms with van der Waals surface area (Å²) in [6.45, 7) is 2.46. The van der Waals surface area contributed by atoms with E-state index in [0.29, 0.717) is 6.61 Å². The number of aldehydes is 1. The minimum atomic E-state index is -0.538. The Morgan fingerprint density at radius 3 is 2.77 bits per heavy atom. The normalized spacial score (nSPS) is 16.2. The summed E-state index contributed by atoms with van der Waals surface area (Å²) in [4.78, 5) is 20.4. The van der Waals surface area contributed by atoms with Crippen LogP contribution in [0.15, 0.2) is 60.7 Å². The lowest BCUT2D eigenvalue weighted by Crippen LogP contribution is -2.12. The number of hydroxylamine groups is 1. The standard InChI is InChI=1S/C21H18N2O3/c1-14-10-16(19-4-2-3-5-20(19)22-14)13-25-17-8-6-15(7-9-17)21-11-18(12-24)26-23-21/h2-12,18,23H,13H2,1H3. The third kappa shape index (κ3) is 3.30. The minimum absolute atomic E-state index is 0.473. The number of benzene rings is 2. The molecule has 1 aromatic heterocycles. The zero-order valence-electron chi connectivity index (χ0n) is 14.3. The number of aromatic nitrogens is 1. The number of nitrogens with zero attached hydrogens (tertiary/aromatic N) is 1. The maximum atomic E-state index is 10.7. The minimum Gasteiger partial charge on any atom is -0.489 e. The van der Waals surface area contributed by atoms with Crippen LogP contribution in [0.3, 0.4) is 0 Å². The molecule has 3 aromatic rings. The van der Waals surface area contributed by atoms with Crippen molar-refractivity contribution in [2.24, 2.45) is 0 Å². The van der Waals surface area contributed by atoms with Crippen molar-refractivity contribution in [1.29, 1.82) is 0 Å². The number of para-hydroxylation sites is 1. The number of carbonyl (C=O) groups excluding carboxylic acids is 1. The number of fused-ring (bicyclic) bond motifs is 1. The van der Waals surface area contributed by atoms with E-state index >= 15 is 0 Å². The van der Waals surface area contributed by atoms with Gasteiger partial charge in [-0.05, 0) is 55.0 Å². The first-order chi connectivity index (χ1) is 12.7. The molecule has 130 valence electrons. The van der Waals surface area contributed by atoms with Crippen molar-refractivity contribution in [3.63, 3.8) is 0 Å². The lowest BCUT2D eigenvalue weighted by molar-refractivity contribution is -0.116. The first kappa shape index (κ1) is 16.3. The number of rotatable bonds is 5. The molecule has 0 bridgehead atoms. The molecule has 2 heterocycles. The molecule has 0 spiro atoms. The average molecular weight is 346 g/mol. The van der Waals surface area contributed by atoms with Crippen LogP contribution in [0, 0.1) is 6.92 Å². The maximum absolute atomic E-state index is 10.7. The number of pyridine rings is 1. The highest BCUT2D eigenvalue weighted by molar-refractivity contribution is 5.82. The fraction of sp³-hybridized carbons (Fsp3) is 0.143. The fourth-order valence-electron chi connectivity index (χ4n) is 2.99. The molecule has 2 aromatic carbocycles. The molecule has 0 radical (unpaired) electrons. The molecule has 4 rings (SSSR count). The van der Waals surface area contributed by atoms with Crippen molar-refractivity contribution in [1.82, 2.24) is 10.5 Å². The highest BCUT2D eigenvalue weighted by atomic mass is 16.7. The Kier molecular flexibility index (Phi) is 4.37. The van der Waals surface area contributed by atoms with Crippen LogP contribution >= 0.6 is 0 Å². The highest BCUT2D eigenvalue weighted by Crippen LogP contribution is 2.23. The summed E-state index contributed by atoms with van der Waals surface area (Å²) >= 11 is 0. The van der Waals surface area contributed by atoms with E-state index in [0.717, 1.165) is 45.5 Å². The molecule has 26 heavy (non-hydrogen) atoms. The van der Waals surface area contributed by atoms with E-state index in [1.165, 1.54) is 0 Å². The Labute approximate surface area is 151 Å². The fourth-order valence-corrected chi connectivity index (χ4v) is 2.99. The molecule has 1 aliphatic rings. The van der Waals surface area contributed by atoms with E-state index < -0.39 is 6.10 Å². The molecule has 0 saturated carbocycles. The van der Waals surface area contributed by atoms with Gasteiger partial charge in [0.05, 0.1) is 11.2 Å². The summed E-state index contributed by atoms with van der Waals surface area (Å²) in [5.41, 5.74) is 7.54. The summed E-state index contributed by atoms with van der Waals surface area (Å²) in [5.74, 6) is 0.777. The summed E-state index contributed by atoms with van der Waals surface area (Å²) in [7, 11) is 0. The third-order valence-electron chi connectivity index (χ3n) is 4.26. The van der Waals surface area contributed by atoms with E-state index in [1.54, 1.807) is 6.08 Å². The number of carbonyl (C=O) groups is 1. The van der Waals surface area contributed by atoms with Crippen LogP contribution in [0.4, 0.5) is 0 Å². The van der Waals surface area contributed by atoms with Crippen LogP contribution in [-0.2, 0) is 16.2 Å². The van der Waals surface area contributed by atoms with Crippen LogP contribution in [0.25, 0.3) is 16.6 Å². The van der Waals surface area contributed by atoms with Gasteiger partial charge in [0.25, 0.3) is 0 Å². The Morgan fingerprint density at radius 1 is 1.19 bits per heavy atom. The van der Waals surface area contributed by atoms with Gasteiger partial charge in [0.1, 0.15) is 12.4 Å². The molecule has 0 saturated heterocycles. The second-order valence-corrected chi connectivity index (χ2v) is 6.15. The molecule has 0 aliphatic carbocycles. The maximum Gasteiger partial charge on any atom is 0.161 e. The van der Waals surface area contributed by atoms with Gasteiger partial charge in [0.15, 0.2) is 12.4 Å². The van der Waals surface area contributed by atoms with Crippen molar-refractivity contribution in [2.45, 2.75) is 19.6 Å². The predicted molar refractivity (Wildman–Crippen MR) is 99.3 cm³/mol. The smallest absolute Gasteiger partial charge is 0.161 e. The van der Waals surface area contributed by atoms with Crippen molar-refractivity contribution in [3.05, 3.63) is 77.5 Å². The lowest BCUT2D eigenvalue weighted by atomic mass is 10.1. The molecule has 1 aliphatic heterocycles. The van der Waals surface area contributed by atoms with Gasteiger partial charge in [0.2, 0.25) is 0 Å². The van der Waals surface area contributed by atoms with E-state index in [9.17, 15) is 4.79 Å². The second-order valence-electron chi connectivity index (χ2n) is 6.15. The van der Waals surface area contributed by atoms with Gasteiger partial charge in [0, 0.05) is 16.6 Å². The number of aryl methyl sites for hydroxylation is 1. The molecular weight excluding hydrogens is 328 g/mol. The van der Waals surface area contributed by atoms with Crippen LogP contribution < -0.4 is 10.2 Å². The Morgan fingerprint density at radius 2 is 2.00 bits per heavy atom. The monoisotopic (exact) mass is 346 g/mol. The topological polar surface area (TPSA) is 60.5 Å². The number of hydrogen-bond donors (Lipinski definition) is 1. The number of nitrogens with one attached hydrogen (secondary N) is 1. The molecule has 5 heteroatoms. The zero-order valence-corrected chi connectivity index (χ0v) is 14.3. The van der Waals surface area contributed by atoms with Crippen LogP contribution in [0.5, 0.6) is 5.75 Å². The van der Waals surface area contributed by atoms with Gasteiger partial charge in [-0.25, -0.2) is 0 Å². The lowest BCUT2D eigenvalue weighted by Gasteiger charge is -2.11. The van der Waals surface area contributed by atoms with Gasteiger partial charge in [-0.2, -0.15) is 0 Å².